The summed E-state index contributed by atoms with van der Waals surface area (Å²) >= 11 is 0. The van der Waals surface area contributed by atoms with Gasteiger partial charge < -0.3 is 10.6 Å². The fourth-order valence-electron chi connectivity index (χ4n) is 2.39. The van der Waals surface area contributed by atoms with Crippen molar-refractivity contribution in [2.75, 3.05) is 20.1 Å². The fourth-order valence-corrected chi connectivity index (χ4v) is 2.39. The van der Waals surface area contributed by atoms with Crippen LogP contribution in [0.1, 0.15) is 38.8 Å². The van der Waals surface area contributed by atoms with Crippen molar-refractivity contribution in [3.05, 3.63) is 35.4 Å². The van der Waals surface area contributed by atoms with E-state index in [4.69, 9.17) is 0 Å². The van der Waals surface area contributed by atoms with Gasteiger partial charge in [-0.25, -0.2) is 0 Å². The Morgan fingerprint density at radius 1 is 1.00 bits per heavy atom. The van der Waals surface area contributed by atoms with Crippen LogP contribution in [0.3, 0.4) is 0 Å². The van der Waals surface area contributed by atoms with Gasteiger partial charge in [0.25, 0.3) is 0 Å². The van der Waals surface area contributed by atoms with Crippen molar-refractivity contribution in [1.29, 1.82) is 0 Å². The molecule has 2 N–H and O–H groups in total. The lowest BCUT2D eigenvalue weighted by Gasteiger charge is -2.34. The molecule has 102 valence electrons. The van der Waals surface area contributed by atoms with E-state index in [1.54, 1.807) is 0 Å². The maximum absolute atomic E-state index is 3.66. The molecule has 0 unspecified atom stereocenters. The van der Waals surface area contributed by atoms with Gasteiger partial charge in [-0.3, -0.25) is 0 Å². The highest BCUT2D eigenvalue weighted by atomic mass is 15.0. The maximum Gasteiger partial charge on any atom is 0.0249 e. The van der Waals surface area contributed by atoms with Crippen molar-refractivity contribution in [1.82, 2.24) is 10.6 Å². The van der Waals surface area contributed by atoms with Gasteiger partial charge in [0.1, 0.15) is 0 Å². The van der Waals surface area contributed by atoms with Crippen molar-refractivity contribution in [2.24, 2.45) is 0 Å². The fraction of sp³-hybridized carbons (Fsp3) is 0.625. The van der Waals surface area contributed by atoms with E-state index in [1.807, 2.05) is 7.05 Å². The summed E-state index contributed by atoms with van der Waals surface area (Å²) in [7, 11) is 2.00. The van der Waals surface area contributed by atoms with Crippen LogP contribution in [0.4, 0.5) is 0 Å². The molecule has 0 atom stereocenters. The van der Waals surface area contributed by atoms with Gasteiger partial charge in [0.05, 0.1) is 0 Å². The van der Waals surface area contributed by atoms with E-state index in [1.165, 1.54) is 11.1 Å². The van der Waals surface area contributed by atoms with Gasteiger partial charge in [-0.15, -0.1) is 0 Å². The largest absolute Gasteiger partial charge is 0.318 e. The van der Waals surface area contributed by atoms with Crippen molar-refractivity contribution in [2.45, 2.75) is 45.6 Å². The normalized spacial score (nSPS) is 12.8. The van der Waals surface area contributed by atoms with Gasteiger partial charge in [-0.2, -0.15) is 0 Å². The van der Waals surface area contributed by atoms with Crippen molar-refractivity contribution in [3.8, 4) is 0 Å². The Balaban J connectivity index is 2.74. The van der Waals surface area contributed by atoms with E-state index in [0.717, 1.165) is 13.1 Å². The third-order valence-electron chi connectivity index (χ3n) is 3.50. The Hall–Kier alpha value is -0.860. The van der Waals surface area contributed by atoms with Crippen molar-refractivity contribution < 1.29 is 0 Å². The summed E-state index contributed by atoms with van der Waals surface area (Å²) in [6.07, 6.45) is 0. The number of hydrogen-bond acceptors (Lipinski definition) is 2. The second-order valence-corrected chi connectivity index (χ2v) is 6.47. The van der Waals surface area contributed by atoms with Crippen LogP contribution in [0.2, 0.25) is 0 Å². The summed E-state index contributed by atoms with van der Waals surface area (Å²) in [6.45, 7) is 13.2. The average Bonchev–Trinajstić information content (AvgIpc) is 2.27. The van der Waals surface area contributed by atoms with E-state index in [9.17, 15) is 0 Å². The first kappa shape index (κ1) is 15.2. The topological polar surface area (TPSA) is 24.1 Å². The molecular formula is C16H28N2. The molecule has 0 spiro atoms. The minimum Gasteiger partial charge on any atom is -0.318 e. The lowest BCUT2D eigenvalue weighted by Crippen LogP contribution is -2.50. The standard InChI is InChI=1S/C16H28N2/c1-13-9-7-8-10-14(13)15(2,3)11-18-16(4,5)12-17-6/h7-10,17-18H,11-12H2,1-6H3. The third kappa shape index (κ3) is 4.11. The van der Waals surface area contributed by atoms with E-state index in [-0.39, 0.29) is 11.0 Å². The van der Waals surface area contributed by atoms with Gasteiger partial charge in [0, 0.05) is 24.0 Å². The molecular weight excluding hydrogens is 220 g/mol. The van der Waals surface area contributed by atoms with Crippen molar-refractivity contribution in [3.63, 3.8) is 0 Å². The Morgan fingerprint density at radius 2 is 1.61 bits per heavy atom. The molecule has 0 heterocycles. The summed E-state index contributed by atoms with van der Waals surface area (Å²) in [4.78, 5) is 0. The zero-order valence-electron chi connectivity index (χ0n) is 12.7. The second kappa shape index (κ2) is 5.85. The van der Waals surface area contributed by atoms with Crippen LogP contribution in [-0.2, 0) is 5.41 Å². The van der Waals surface area contributed by atoms with Crippen LogP contribution < -0.4 is 10.6 Å². The van der Waals surface area contributed by atoms with Gasteiger partial charge >= 0.3 is 0 Å². The highest BCUT2D eigenvalue weighted by Crippen LogP contribution is 2.25. The van der Waals surface area contributed by atoms with Gasteiger partial charge in [0.15, 0.2) is 0 Å². The number of hydrogen-bond donors (Lipinski definition) is 2. The molecule has 0 saturated heterocycles. The first-order chi connectivity index (χ1) is 8.28. The maximum atomic E-state index is 3.66. The van der Waals surface area contributed by atoms with Crippen LogP contribution in [0.15, 0.2) is 24.3 Å². The molecule has 0 saturated carbocycles. The molecule has 2 heteroatoms. The number of aryl methyl sites for hydroxylation is 1. The average molecular weight is 248 g/mol. The summed E-state index contributed by atoms with van der Waals surface area (Å²) in [6, 6.07) is 8.66. The highest BCUT2D eigenvalue weighted by molar-refractivity contribution is 5.32. The lowest BCUT2D eigenvalue weighted by molar-refractivity contribution is 0.332. The Morgan fingerprint density at radius 3 is 2.17 bits per heavy atom. The quantitative estimate of drug-likeness (QED) is 0.809. The molecule has 2 nitrogen and oxygen atoms in total. The van der Waals surface area contributed by atoms with E-state index >= 15 is 0 Å². The zero-order valence-corrected chi connectivity index (χ0v) is 12.7. The molecule has 0 fully saturated rings. The molecule has 0 aliphatic carbocycles. The summed E-state index contributed by atoms with van der Waals surface area (Å²) in [5.41, 5.74) is 3.07. The lowest BCUT2D eigenvalue weighted by atomic mass is 9.81. The number of nitrogens with one attached hydrogen (secondary N) is 2. The smallest absolute Gasteiger partial charge is 0.0249 e. The monoisotopic (exact) mass is 248 g/mol. The number of benzene rings is 1. The minimum absolute atomic E-state index is 0.120. The van der Waals surface area contributed by atoms with Crippen LogP contribution >= 0.6 is 0 Å². The molecule has 1 aromatic rings. The van der Waals surface area contributed by atoms with Crippen LogP contribution in [0.25, 0.3) is 0 Å². The Bertz CT molecular complexity index is 380. The molecule has 0 amide bonds. The Kier molecular flexibility index (Phi) is 4.94. The number of likely N-dealkylation sites (N-methyl/N-ethyl adjacent to an activating group) is 1. The highest BCUT2D eigenvalue weighted by Gasteiger charge is 2.25. The molecule has 0 radical (unpaired) electrons. The third-order valence-corrected chi connectivity index (χ3v) is 3.50. The van der Waals surface area contributed by atoms with Gasteiger partial charge in [0.2, 0.25) is 0 Å². The van der Waals surface area contributed by atoms with Gasteiger partial charge in [-0.05, 0) is 38.9 Å². The molecule has 0 bridgehead atoms. The molecule has 0 aliphatic rings. The number of rotatable bonds is 6. The van der Waals surface area contributed by atoms with Crippen LogP contribution in [0, 0.1) is 6.92 Å². The molecule has 1 aromatic carbocycles. The molecule has 1 rings (SSSR count). The first-order valence-electron chi connectivity index (χ1n) is 6.74. The van der Waals surface area contributed by atoms with Crippen LogP contribution in [-0.4, -0.2) is 25.7 Å². The molecule has 18 heavy (non-hydrogen) atoms. The zero-order chi connectivity index (χ0) is 13.8. The summed E-state index contributed by atoms with van der Waals surface area (Å²) in [5, 5.41) is 6.90. The SMILES string of the molecule is CNCC(C)(C)NCC(C)(C)c1ccccc1C. The van der Waals surface area contributed by atoms with Crippen molar-refractivity contribution >= 4 is 0 Å². The predicted molar refractivity (Wildman–Crippen MR) is 80.2 cm³/mol. The minimum atomic E-state index is 0.120. The second-order valence-electron chi connectivity index (χ2n) is 6.47. The van der Waals surface area contributed by atoms with E-state index < -0.39 is 0 Å². The summed E-state index contributed by atoms with van der Waals surface area (Å²) in [5.74, 6) is 0. The van der Waals surface area contributed by atoms with Gasteiger partial charge in [-0.1, -0.05) is 38.1 Å². The molecule has 0 aliphatic heterocycles. The predicted octanol–water partition coefficient (Wildman–Crippen LogP) is 2.86. The molecule has 0 aromatic heterocycles. The Labute approximate surface area is 112 Å². The first-order valence-corrected chi connectivity index (χ1v) is 6.74. The van der Waals surface area contributed by atoms with Crippen LogP contribution in [0.5, 0.6) is 0 Å². The summed E-state index contributed by atoms with van der Waals surface area (Å²) < 4.78 is 0. The van der Waals surface area contributed by atoms with E-state index in [0.29, 0.717) is 0 Å². The van der Waals surface area contributed by atoms with E-state index in [2.05, 4.69) is 69.5 Å².